The second-order valence-electron chi connectivity index (χ2n) is 8.11. The first-order valence-corrected chi connectivity index (χ1v) is 11.2. The number of rotatable bonds is 8. The largest absolute Gasteiger partial charge is 0.493 e. The van der Waals surface area contributed by atoms with E-state index in [-0.39, 0.29) is 0 Å². The predicted octanol–water partition coefficient (Wildman–Crippen LogP) is 5.38. The van der Waals surface area contributed by atoms with Gasteiger partial charge < -0.3 is 24.1 Å². The molecule has 0 amide bonds. The second kappa shape index (κ2) is 9.44. The minimum absolute atomic E-state index is 0.650. The van der Waals surface area contributed by atoms with Crippen LogP contribution in [0.4, 0.5) is 11.5 Å². The molecule has 2 aromatic heterocycles. The van der Waals surface area contributed by atoms with Gasteiger partial charge in [-0.2, -0.15) is 0 Å². The molecule has 32 heavy (non-hydrogen) atoms. The third-order valence-corrected chi connectivity index (χ3v) is 5.99. The number of nitrogens with zero attached hydrogens (tertiary/aromatic N) is 3. The molecule has 1 aliphatic heterocycles. The normalized spacial score (nSPS) is 14.7. The molecule has 0 bridgehead atoms. The highest BCUT2D eigenvalue weighted by Gasteiger charge is 2.14. The number of ether oxygens (including phenoxy) is 2. The lowest BCUT2D eigenvalue weighted by atomic mass is 10.1. The lowest BCUT2D eigenvalue weighted by Crippen LogP contribution is -2.31. The van der Waals surface area contributed by atoms with Crippen LogP contribution in [0.2, 0.25) is 0 Å². The Labute approximate surface area is 187 Å². The number of benzene rings is 2. The summed E-state index contributed by atoms with van der Waals surface area (Å²) in [6.45, 7) is 4.14. The van der Waals surface area contributed by atoms with E-state index in [1.54, 1.807) is 19.7 Å². The second-order valence-corrected chi connectivity index (χ2v) is 8.11. The van der Waals surface area contributed by atoms with Crippen LogP contribution in [0.5, 0.6) is 11.5 Å². The highest BCUT2D eigenvalue weighted by atomic mass is 16.5. The quantitative estimate of drug-likeness (QED) is 0.375. The maximum atomic E-state index is 6.09. The summed E-state index contributed by atoms with van der Waals surface area (Å²) in [5, 5.41) is 5.29. The molecule has 166 valence electrons. The number of aromatic nitrogens is 2. The van der Waals surface area contributed by atoms with Crippen LogP contribution in [0, 0.1) is 0 Å². The van der Waals surface area contributed by atoms with Crippen LogP contribution < -0.4 is 14.8 Å². The van der Waals surface area contributed by atoms with Crippen molar-refractivity contribution in [3.8, 4) is 11.5 Å². The van der Waals surface area contributed by atoms with Gasteiger partial charge in [0.2, 0.25) is 0 Å². The van der Waals surface area contributed by atoms with Gasteiger partial charge in [0.05, 0.1) is 31.2 Å². The van der Waals surface area contributed by atoms with E-state index in [2.05, 4.69) is 20.2 Å². The molecule has 7 nitrogen and oxygen atoms in total. The van der Waals surface area contributed by atoms with E-state index in [1.165, 1.54) is 32.4 Å². The Balaban J connectivity index is 1.34. The molecule has 0 saturated carbocycles. The standard InChI is InChI=1S/C25H28N4O3/c1-30-23-15-19-21(16-24(23)31-13-6-12-29-10-3-2-4-11-29)26-17-27-25(19)28-20-7-5-8-22-18(20)9-14-32-22/h5,7-9,14-17H,2-4,6,10-13H2,1H3,(H,26,27,28). The van der Waals surface area contributed by atoms with E-state index in [9.17, 15) is 0 Å². The molecule has 2 aromatic carbocycles. The summed E-state index contributed by atoms with van der Waals surface area (Å²) in [4.78, 5) is 11.5. The van der Waals surface area contributed by atoms with Gasteiger partial charge in [0.25, 0.3) is 0 Å². The molecule has 1 aliphatic rings. The molecule has 0 spiro atoms. The molecule has 3 heterocycles. The lowest BCUT2D eigenvalue weighted by Gasteiger charge is -2.26. The number of piperidine rings is 1. The topological polar surface area (TPSA) is 72.6 Å². The van der Waals surface area contributed by atoms with Gasteiger partial charge in [-0.25, -0.2) is 9.97 Å². The fourth-order valence-corrected chi connectivity index (χ4v) is 4.32. The van der Waals surface area contributed by atoms with E-state index < -0.39 is 0 Å². The highest BCUT2D eigenvalue weighted by Crippen LogP contribution is 2.36. The number of methoxy groups -OCH3 is 1. The maximum absolute atomic E-state index is 6.09. The lowest BCUT2D eigenvalue weighted by molar-refractivity contribution is 0.203. The minimum Gasteiger partial charge on any atom is -0.493 e. The summed E-state index contributed by atoms with van der Waals surface area (Å²) in [6, 6.07) is 11.7. The first-order valence-electron chi connectivity index (χ1n) is 11.2. The Morgan fingerprint density at radius 2 is 1.94 bits per heavy atom. The molecule has 7 heteroatoms. The van der Waals surface area contributed by atoms with Crippen LogP contribution in [0.3, 0.4) is 0 Å². The molecule has 0 radical (unpaired) electrons. The van der Waals surface area contributed by atoms with Gasteiger partial charge in [0.15, 0.2) is 11.5 Å². The van der Waals surface area contributed by atoms with Crippen LogP contribution in [0.15, 0.2) is 53.4 Å². The Morgan fingerprint density at radius 1 is 1.03 bits per heavy atom. The highest BCUT2D eigenvalue weighted by molar-refractivity contribution is 5.97. The van der Waals surface area contributed by atoms with Gasteiger partial charge >= 0.3 is 0 Å². The first kappa shape index (κ1) is 20.6. The molecular weight excluding hydrogens is 404 g/mol. The first-order chi connectivity index (χ1) is 15.8. The number of hydrogen-bond donors (Lipinski definition) is 1. The zero-order valence-electron chi connectivity index (χ0n) is 18.3. The van der Waals surface area contributed by atoms with Gasteiger partial charge in [0, 0.05) is 23.4 Å². The van der Waals surface area contributed by atoms with Crippen molar-refractivity contribution in [3.05, 3.63) is 49.0 Å². The Morgan fingerprint density at radius 3 is 2.81 bits per heavy atom. The van der Waals surface area contributed by atoms with Crippen LogP contribution in [-0.2, 0) is 0 Å². The number of anilines is 2. The van der Waals surface area contributed by atoms with E-state index in [4.69, 9.17) is 13.9 Å². The number of likely N-dealkylation sites (tertiary alicyclic amines) is 1. The van der Waals surface area contributed by atoms with Crippen LogP contribution in [0.1, 0.15) is 25.7 Å². The fourth-order valence-electron chi connectivity index (χ4n) is 4.32. The van der Waals surface area contributed by atoms with Crippen molar-refractivity contribution in [2.24, 2.45) is 0 Å². The Hall–Kier alpha value is -3.32. The number of fused-ring (bicyclic) bond motifs is 2. The molecule has 1 saturated heterocycles. The molecular formula is C25H28N4O3. The SMILES string of the molecule is COc1cc2c(Nc3cccc4occc34)ncnc2cc1OCCCN1CCCCC1. The maximum Gasteiger partial charge on any atom is 0.163 e. The zero-order chi connectivity index (χ0) is 21.8. The van der Waals surface area contributed by atoms with E-state index >= 15 is 0 Å². The summed E-state index contributed by atoms with van der Waals surface area (Å²) in [6.07, 6.45) is 8.22. The number of furan rings is 1. The zero-order valence-corrected chi connectivity index (χ0v) is 18.3. The number of nitrogens with one attached hydrogen (secondary N) is 1. The van der Waals surface area contributed by atoms with Gasteiger partial charge in [-0.1, -0.05) is 12.5 Å². The summed E-state index contributed by atoms with van der Waals surface area (Å²) in [5.41, 5.74) is 2.55. The van der Waals surface area contributed by atoms with Crippen molar-refractivity contribution < 1.29 is 13.9 Å². The van der Waals surface area contributed by atoms with Crippen LogP contribution in [0.25, 0.3) is 21.9 Å². The van der Waals surface area contributed by atoms with Crippen LogP contribution >= 0.6 is 0 Å². The van der Waals surface area contributed by atoms with Gasteiger partial charge in [0.1, 0.15) is 17.7 Å². The molecule has 0 aliphatic carbocycles. The average Bonchev–Trinajstić information content (AvgIpc) is 3.32. The molecule has 4 aromatic rings. The van der Waals surface area contributed by atoms with Gasteiger partial charge in [-0.15, -0.1) is 0 Å². The van der Waals surface area contributed by atoms with Crippen molar-refractivity contribution >= 4 is 33.4 Å². The average molecular weight is 433 g/mol. The molecule has 1 N–H and O–H groups in total. The number of hydrogen-bond acceptors (Lipinski definition) is 7. The molecule has 5 rings (SSSR count). The molecule has 0 atom stereocenters. The fraction of sp³-hybridized carbons (Fsp3) is 0.360. The molecule has 1 fully saturated rings. The summed E-state index contributed by atoms with van der Waals surface area (Å²) < 4.78 is 17.2. The monoisotopic (exact) mass is 432 g/mol. The minimum atomic E-state index is 0.650. The third-order valence-electron chi connectivity index (χ3n) is 5.99. The van der Waals surface area contributed by atoms with E-state index in [0.717, 1.165) is 40.5 Å². The van der Waals surface area contributed by atoms with Crippen molar-refractivity contribution in [1.29, 1.82) is 0 Å². The summed E-state index contributed by atoms with van der Waals surface area (Å²) in [7, 11) is 1.66. The summed E-state index contributed by atoms with van der Waals surface area (Å²) >= 11 is 0. The third kappa shape index (κ3) is 4.34. The van der Waals surface area contributed by atoms with E-state index in [1.807, 2.05) is 36.4 Å². The smallest absolute Gasteiger partial charge is 0.163 e. The Kier molecular flexibility index (Phi) is 6.07. The van der Waals surface area contributed by atoms with Gasteiger partial charge in [-0.05, 0) is 56.6 Å². The Bertz CT molecular complexity index is 1200. The van der Waals surface area contributed by atoms with Crippen molar-refractivity contribution in [2.45, 2.75) is 25.7 Å². The summed E-state index contributed by atoms with van der Waals surface area (Å²) in [5.74, 6) is 2.09. The molecule has 0 unspecified atom stereocenters. The van der Waals surface area contributed by atoms with Crippen molar-refractivity contribution in [1.82, 2.24) is 14.9 Å². The van der Waals surface area contributed by atoms with Crippen molar-refractivity contribution in [2.75, 3.05) is 38.7 Å². The van der Waals surface area contributed by atoms with Crippen LogP contribution in [-0.4, -0.2) is 48.2 Å². The van der Waals surface area contributed by atoms with Crippen molar-refractivity contribution in [3.63, 3.8) is 0 Å². The van der Waals surface area contributed by atoms with E-state index in [0.29, 0.717) is 23.9 Å². The van der Waals surface area contributed by atoms with Gasteiger partial charge in [-0.3, -0.25) is 0 Å². The predicted molar refractivity (Wildman–Crippen MR) is 126 cm³/mol.